The second-order valence-corrected chi connectivity index (χ2v) is 1.53. The van der Waals surface area contributed by atoms with Crippen molar-refractivity contribution in [2.45, 2.75) is 19.8 Å². The standard InChI is InChI=1S/C7H12N/c1-3-5-7-8-6-4-2/h3H,1,4-6H2,2H3/q+1. The monoisotopic (exact) mass is 110 g/mol. The molecular formula is C7H12N+. The van der Waals surface area contributed by atoms with Crippen molar-refractivity contribution in [1.29, 1.82) is 0 Å². The minimum absolute atomic E-state index is 0.778. The average Bonchev–Trinajstić information content (AvgIpc) is 1.81. The summed E-state index contributed by atoms with van der Waals surface area (Å²) >= 11 is 0. The highest BCUT2D eigenvalue weighted by Gasteiger charge is 1.81. The van der Waals surface area contributed by atoms with Crippen LogP contribution in [0.2, 0.25) is 0 Å². The summed E-state index contributed by atoms with van der Waals surface area (Å²) in [4.78, 5) is 3.96. The summed E-state index contributed by atoms with van der Waals surface area (Å²) in [7, 11) is 0. The van der Waals surface area contributed by atoms with Crippen LogP contribution in [0.3, 0.4) is 0 Å². The van der Waals surface area contributed by atoms with Gasteiger partial charge >= 0.3 is 0 Å². The molecule has 1 heteroatoms. The lowest BCUT2D eigenvalue weighted by molar-refractivity contribution is 1.03. The Kier molecular flexibility index (Phi) is 5.63. The van der Waals surface area contributed by atoms with Gasteiger partial charge in [0, 0.05) is 6.42 Å². The van der Waals surface area contributed by atoms with Crippen molar-refractivity contribution in [3.05, 3.63) is 17.5 Å². The topological polar surface area (TPSA) is 4.36 Å². The molecule has 0 saturated carbocycles. The van der Waals surface area contributed by atoms with Gasteiger partial charge in [-0.25, -0.2) is 0 Å². The maximum atomic E-state index is 3.96. The molecule has 0 aromatic rings. The predicted molar refractivity (Wildman–Crippen MR) is 37.2 cm³/mol. The van der Waals surface area contributed by atoms with Crippen LogP contribution < -0.4 is 0 Å². The van der Waals surface area contributed by atoms with Gasteiger partial charge in [0.25, 0.3) is 12.6 Å². The third-order valence-electron chi connectivity index (χ3n) is 0.683. The average molecular weight is 110 g/mol. The maximum Gasteiger partial charge on any atom is 0.277 e. The molecule has 0 aliphatic carbocycles. The van der Waals surface area contributed by atoms with E-state index in [0.29, 0.717) is 0 Å². The van der Waals surface area contributed by atoms with Crippen LogP contribution in [0.15, 0.2) is 12.7 Å². The smallest absolute Gasteiger partial charge is 0.102 e. The van der Waals surface area contributed by atoms with Crippen LogP contribution in [-0.4, -0.2) is 6.54 Å². The molecule has 0 heterocycles. The van der Waals surface area contributed by atoms with Crippen LogP contribution >= 0.6 is 0 Å². The Bertz CT molecular complexity index is 105. The van der Waals surface area contributed by atoms with Crippen LogP contribution in [0.1, 0.15) is 19.8 Å². The highest BCUT2D eigenvalue weighted by molar-refractivity contribution is 4.92. The minimum atomic E-state index is 0.778. The molecule has 0 aromatic carbocycles. The van der Waals surface area contributed by atoms with Gasteiger partial charge in [-0.1, -0.05) is 17.8 Å². The van der Waals surface area contributed by atoms with Crippen molar-refractivity contribution in [2.75, 3.05) is 6.54 Å². The van der Waals surface area contributed by atoms with Crippen molar-refractivity contribution in [3.63, 3.8) is 0 Å². The van der Waals surface area contributed by atoms with Gasteiger partial charge in [-0.3, -0.25) is 0 Å². The first-order valence-electron chi connectivity index (χ1n) is 2.92. The lowest BCUT2D eigenvalue weighted by atomic mass is 10.5. The third-order valence-corrected chi connectivity index (χ3v) is 0.683. The summed E-state index contributed by atoms with van der Waals surface area (Å²) < 4.78 is 0. The molecule has 0 rings (SSSR count). The Balaban J connectivity index is 3.07. The molecule has 8 heavy (non-hydrogen) atoms. The molecule has 0 bridgehead atoms. The van der Waals surface area contributed by atoms with Crippen LogP contribution in [0.25, 0.3) is 4.85 Å². The molecule has 0 radical (unpaired) electrons. The van der Waals surface area contributed by atoms with E-state index in [4.69, 9.17) is 0 Å². The Labute approximate surface area is 50.8 Å². The third kappa shape index (κ3) is 5.23. The molecule has 0 aliphatic heterocycles. The van der Waals surface area contributed by atoms with Crippen LogP contribution in [0, 0.1) is 6.07 Å². The zero-order valence-electron chi connectivity index (χ0n) is 5.35. The summed E-state index contributed by atoms with van der Waals surface area (Å²) in [5.74, 6) is 0. The predicted octanol–water partition coefficient (Wildman–Crippen LogP) is 2.31. The summed E-state index contributed by atoms with van der Waals surface area (Å²) in [6.07, 6.45) is 3.67. The zero-order chi connectivity index (χ0) is 6.24. The van der Waals surface area contributed by atoms with E-state index < -0.39 is 0 Å². The lowest BCUT2D eigenvalue weighted by Crippen LogP contribution is -1.66. The van der Waals surface area contributed by atoms with E-state index in [1.165, 1.54) is 0 Å². The van der Waals surface area contributed by atoms with Crippen molar-refractivity contribution in [2.24, 2.45) is 0 Å². The number of allylic oxidation sites excluding steroid dienone is 1. The first kappa shape index (κ1) is 7.23. The normalized spacial score (nSPS) is 7.12. The van der Waals surface area contributed by atoms with E-state index in [2.05, 4.69) is 24.4 Å². The van der Waals surface area contributed by atoms with Crippen molar-refractivity contribution in [3.8, 4) is 6.07 Å². The van der Waals surface area contributed by atoms with Crippen molar-refractivity contribution in [1.82, 2.24) is 0 Å². The first-order valence-corrected chi connectivity index (χ1v) is 2.92. The molecule has 0 N–H and O–H groups in total. The van der Waals surface area contributed by atoms with E-state index in [1.807, 2.05) is 0 Å². The molecular weight excluding hydrogens is 98.1 g/mol. The van der Waals surface area contributed by atoms with Gasteiger partial charge in [-0.2, -0.15) is 0 Å². The molecule has 0 saturated heterocycles. The number of rotatable bonds is 2. The highest BCUT2D eigenvalue weighted by Crippen LogP contribution is 1.79. The molecule has 0 atom stereocenters. The quantitative estimate of drug-likeness (QED) is 0.480. The van der Waals surface area contributed by atoms with E-state index in [0.717, 1.165) is 19.4 Å². The summed E-state index contributed by atoms with van der Waals surface area (Å²) in [5, 5.41) is 0. The second-order valence-electron chi connectivity index (χ2n) is 1.53. The molecule has 0 aliphatic rings. The summed E-state index contributed by atoms with van der Waals surface area (Å²) in [6.45, 7) is 6.53. The Morgan fingerprint density at radius 2 is 2.50 bits per heavy atom. The summed E-state index contributed by atoms with van der Waals surface area (Å²) in [5.41, 5.74) is 0. The highest BCUT2D eigenvalue weighted by atomic mass is 14.6. The molecule has 0 aromatic heterocycles. The van der Waals surface area contributed by atoms with E-state index in [9.17, 15) is 0 Å². The van der Waals surface area contributed by atoms with Crippen LogP contribution in [-0.2, 0) is 0 Å². The largest absolute Gasteiger partial charge is 0.277 e. The van der Waals surface area contributed by atoms with Crippen LogP contribution in [0.4, 0.5) is 0 Å². The van der Waals surface area contributed by atoms with Gasteiger partial charge in [-0.05, 0) is 0 Å². The fourth-order valence-corrected chi connectivity index (χ4v) is 0.320. The van der Waals surface area contributed by atoms with Crippen molar-refractivity contribution >= 4 is 0 Å². The van der Waals surface area contributed by atoms with Gasteiger partial charge in [0.2, 0.25) is 0 Å². The Morgan fingerprint density at radius 1 is 1.75 bits per heavy atom. The van der Waals surface area contributed by atoms with Gasteiger partial charge in [0.05, 0.1) is 6.42 Å². The Hall–Kier alpha value is -0.770. The SMILES string of the molecule is C=CCC#[N+]CCC. The first-order chi connectivity index (χ1) is 3.91. The lowest BCUT2D eigenvalue weighted by Gasteiger charge is -1.62. The molecule has 0 amide bonds. The van der Waals surface area contributed by atoms with E-state index in [1.54, 1.807) is 6.08 Å². The molecule has 44 valence electrons. The fraction of sp³-hybridized carbons (Fsp3) is 0.571. The number of hydrogen-bond acceptors (Lipinski definition) is 0. The number of hydrogen-bond donors (Lipinski definition) is 0. The molecule has 0 fully saturated rings. The molecule has 1 nitrogen and oxygen atoms in total. The minimum Gasteiger partial charge on any atom is -0.102 e. The second kappa shape index (κ2) is 6.23. The van der Waals surface area contributed by atoms with Crippen LogP contribution in [0.5, 0.6) is 0 Å². The van der Waals surface area contributed by atoms with Crippen molar-refractivity contribution < 1.29 is 0 Å². The van der Waals surface area contributed by atoms with E-state index in [-0.39, 0.29) is 0 Å². The zero-order valence-corrected chi connectivity index (χ0v) is 5.35. The van der Waals surface area contributed by atoms with Gasteiger partial charge < -0.3 is 0 Å². The van der Waals surface area contributed by atoms with Gasteiger partial charge in [0.15, 0.2) is 0 Å². The van der Waals surface area contributed by atoms with E-state index >= 15 is 0 Å². The number of nitrogens with zero attached hydrogens (tertiary/aromatic N) is 1. The van der Waals surface area contributed by atoms with Gasteiger partial charge in [0.1, 0.15) is 0 Å². The molecule has 0 unspecified atom stereocenters. The fourth-order valence-electron chi connectivity index (χ4n) is 0.320. The van der Waals surface area contributed by atoms with Gasteiger partial charge in [-0.15, -0.1) is 6.58 Å². The Morgan fingerprint density at radius 3 is 3.00 bits per heavy atom. The maximum absolute atomic E-state index is 3.96. The molecule has 0 spiro atoms. The summed E-state index contributed by atoms with van der Waals surface area (Å²) in [6, 6.07) is 2.84.